The van der Waals surface area contributed by atoms with Crippen molar-refractivity contribution in [3.05, 3.63) is 32.4 Å². The fraction of sp³-hybridized carbons (Fsp3) is 0.474. The summed E-state index contributed by atoms with van der Waals surface area (Å²) in [6.45, 7) is 7.17. The predicted octanol–water partition coefficient (Wildman–Crippen LogP) is 4.61. The lowest BCUT2D eigenvalue weighted by Crippen LogP contribution is -2.22. The molecule has 13 heteroatoms. The van der Waals surface area contributed by atoms with E-state index in [0.717, 1.165) is 16.0 Å². The number of aromatic nitrogens is 2. The standard InChI is InChI=1S/C19H21ClF3N3O5S/c1-6-30-18(29)14-9(4)12(17(28)31-8(2)3)16(32-14)24-11(27)7-26-10(5)13(20)15(25-26)19(21,22)23/h8H,6-7H2,1-5H3,(H,24,27). The topological polar surface area (TPSA) is 99.5 Å². The molecule has 2 heterocycles. The van der Waals surface area contributed by atoms with Crippen LogP contribution in [0.5, 0.6) is 0 Å². The zero-order valence-corrected chi connectivity index (χ0v) is 19.4. The quantitative estimate of drug-likeness (QED) is 0.563. The summed E-state index contributed by atoms with van der Waals surface area (Å²) in [5, 5.41) is 5.22. The number of ether oxygens (including phenoxy) is 2. The van der Waals surface area contributed by atoms with Crippen LogP contribution in [0.2, 0.25) is 5.02 Å². The van der Waals surface area contributed by atoms with Crippen LogP contribution in [0, 0.1) is 13.8 Å². The zero-order chi connectivity index (χ0) is 24.4. The maximum absolute atomic E-state index is 13.0. The fourth-order valence-electron chi connectivity index (χ4n) is 2.67. The Balaban J connectivity index is 2.37. The van der Waals surface area contributed by atoms with Crippen LogP contribution < -0.4 is 5.32 Å². The molecular weight excluding hydrogens is 475 g/mol. The average molecular weight is 496 g/mol. The van der Waals surface area contributed by atoms with Crippen LogP contribution in [0.15, 0.2) is 0 Å². The summed E-state index contributed by atoms with van der Waals surface area (Å²) in [6, 6.07) is 0. The number of hydrogen-bond donors (Lipinski definition) is 1. The second kappa shape index (κ2) is 9.90. The van der Waals surface area contributed by atoms with Crippen LogP contribution in [-0.4, -0.2) is 40.3 Å². The number of rotatable bonds is 7. The van der Waals surface area contributed by atoms with E-state index in [-0.39, 0.29) is 33.3 Å². The molecule has 0 aliphatic rings. The van der Waals surface area contributed by atoms with Gasteiger partial charge in [0, 0.05) is 0 Å². The van der Waals surface area contributed by atoms with E-state index in [1.54, 1.807) is 20.8 Å². The van der Waals surface area contributed by atoms with Gasteiger partial charge in [-0.1, -0.05) is 11.6 Å². The normalized spacial score (nSPS) is 11.6. The smallest absolute Gasteiger partial charge is 0.436 e. The molecular formula is C19H21ClF3N3O5S. The minimum Gasteiger partial charge on any atom is -0.462 e. The lowest BCUT2D eigenvalue weighted by molar-refractivity contribution is -0.141. The monoisotopic (exact) mass is 495 g/mol. The van der Waals surface area contributed by atoms with E-state index < -0.39 is 47.4 Å². The Morgan fingerprint density at radius 3 is 2.34 bits per heavy atom. The van der Waals surface area contributed by atoms with Crippen LogP contribution in [0.25, 0.3) is 0 Å². The van der Waals surface area contributed by atoms with Crippen molar-refractivity contribution in [1.29, 1.82) is 0 Å². The second-order valence-electron chi connectivity index (χ2n) is 6.89. The molecule has 8 nitrogen and oxygen atoms in total. The first-order valence-corrected chi connectivity index (χ1v) is 10.6. The first-order chi connectivity index (χ1) is 14.8. The summed E-state index contributed by atoms with van der Waals surface area (Å²) >= 11 is 6.50. The van der Waals surface area contributed by atoms with Crippen LogP contribution in [0.1, 0.15) is 57.8 Å². The highest BCUT2D eigenvalue weighted by Gasteiger charge is 2.38. The van der Waals surface area contributed by atoms with Crippen molar-refractivity contribution >= 4 is 45.8 Å². The third-order valence-electron chi connectivity index (χ3n) is 4.10. The average Bonchev–Trinajstić information content (AvgIpc) is 3.12. The lowest BCUT2D eigenvalue weighted by atomic mass is 10.1. The summed E-state index contributed by atoms with van der Waals surface area (Å²) < 4.78 is 50.0. The second-order valence-corrected chi connectivity index (χ2v) is 8.29. The van der Waals surface area contributed by atoms with Crippen LogP contribution in [0.3, 0.4) is 0 Å². The van der Waals surface area contributed by atoms with Crippen LogP contribution in [0.4, 0.5) is 18.2 Å². The van der Waals surface area contributed by atoms with Crippen molar-refractivity contribution in [2.24, 2.45) is 0 Å². The predicted molar refractivity (Wildman–Crippen MR) is 111 cm³/mol. The number of carbonyl (C=O) groups excluding carboxylic acids is 3. The van der Waals surface area contributed by atoms with Gasteiger partial charge < -0.3 is 14.8 Å². The van der Waals surface area contributed by atoms with E-state index >= 15 is 0 Å². The molecule has 0 aliphatic heterocycles. The molecule has 0 aromatic carbocycles. The summed E-state index contributed by atoms with van der Waals surface area (Å²) in [4.78, 5) is 37.4. The molecule has 2 rings (SSSR count). The highest BCUT2D eigenvalue weighted by molar-refractivity contribution is 7.18. The molecule has 1 amide bonds. The van der Waals surface area contributed by atoms with Gasteiger partial charge in [0.05, 0.1) is 29.0 Å². The minimum absolute atomic E-state index is 0.00755. The Kier molecular flexibility index (Phi) is 7.94. The molecule has 0 aliphatic carbocycles. The SMILES string of the molecule is CCOC(=O)c1sc(NC(=O)Cn2nc(C(F)(F)F)c(Cl)c2C)c(C(=O)OC(C)C)c1C. The number of carbonyl (C=O) groups is 3. The van der Waals surface area contributed by atoms with Gasteiger partial charge in [-0.05, 0) is 40.2 Å². The molecule has 2 aromatic rings. The fourth-order valence-corrected chi connectivity index (χ4v) is 4.02. The van der Waals surface area contributed by atoms with Gasteiger partial charge in [-0.25, -0.2) is 9.59 Å². The Bertz CT molecular complexity index is 1050. The largest absolute Gasteiger partial charge is 0.462 e. The molecule has 0 spiro atoms. The van der Waals surface area contributed by atoms with E-state index in [1.807, 2.05) is 0 Å². The van der Waals surface area contributed by atoms with Crippen molar-refractivity contribution in [3.63, 3.8) is 0 Å². The molecule has 0 saturated carbocycles. The summed E-state index contributed by atoms with van der Waals surface area (Å²) in [5.74, 6) is -2.23. The van der Waals surface area contributed by atoms with Crippen molar-refractivity contribution in [2.75, 3.05) is 11.9 Å². The summed E-state index contributed by atoms with van der Waals surface area (Å²) in [5.41, 5.74) is -1.14. The first-order valence-electron chi connectivity index (χ1n) is 9.39. The Morgan fingerprint density at radius 1 is 1.22 bits per heavy atom. The Labute approximate surface area is 190 Å². The Morgan fingerprint density at radius 2 is 1.84 bits per heavy atom. The van der Waals surface area contributed by atoms with E-state index in [0.29, 0.717) is 0 Å². The maximum atomic E-state index is 13.0. The molecule has 0 atom stereocenters. The molecule has 0 fully saturated rings. The van der Waals surface area contributed by atoms with Gasteiger partial charge in [0.15, 0.2) is 5.69 Å². The lowest BCUT2D eigenvalue weighted by Gasteiger charge is -2.11. The van der Waals surface area contributed by atoms with Gasteiger partial charge >= 0.3 is 18.1 Å². The summed E-state index contributed by atoms with van der Waals surface area (Å²) in [7, 11) is 0. The molecule has 0 bridgehead atoms. The number of esters is 2. The number of alkyl halides is 3. The number of anilines is 1. The molecule has 32 heavy (non-hydrogen) atoms. The van der Waals surface area contributed by atoms with Gasteiger partial charge in [0.2, 0.25) is 5.91 Å². The number of nitrogens with one attached hydrogen (secondary N) is 1. The molecule has 176 valence electrons. The molecule has 2 aromatic heterocycles. The number of amides is 1. The van der Waals surface area contributed by atoms with Gasteiger partial charge in [-0.3, -0.25) is 9.48 Å². The highest BCUT2D eigenvalue weighted by atomic mass is 35.5. The maximum Gasteiger partial charge on any atom is 0.436 e. The number of thiophene rings is 1. The molecule has 0 radical (unpaired) electrons. The van der Waals surface area contributed by atoms with Crippen LogP contribution >= 0.6 is 22.9 Å². The van der Waals surface area contributed by atoms with E-state index in [4.69, 9.17) is 21.1 Å². The van der Waals surface area contributed by atoms with E-state index in [9.17, 15) is 27.6 Å². The highest BCUT2D eigenvalue weighted by Crippen LogP contribution is 2.36. The Hall–Kier alpha value is -2.60. The summed E-state index contributed by atoms with van der Waals surface area (Å²) in [6.07, 6.45) is -5.25. The minimum atomic E-state index is -4.78. The third kappa shape index (κ3) is 5.60. The van der Waals surface area contributed by atoms with Gasteiger partial charge in [0.25, 0.3) is 0 Å². The van der Waals surface area contributed by atoms with E-state index in [1.165, 1.54) is 13.8 Å². The van der Waals surface area contributed by atoms with Gasteiger partial charge in [-0.2, -0.15) is 18.3 Å². The van der Waals surface area contributed by atoms with Crippen molar-refractivity contribution < 1.29 is 37.0 Å². The van der Waals surface area contributed by atoms with Crippen LogP contribution in [-0.2, 0) is 27.0 Å². The van der Waals surface area contributed by atoms with Gasteiger partial charge in [-0.15, -0.1) is 11.3 Å². The number of nitrogens with zero attached hydrogens (tertiary/aromatic N) is 2. The van der Waals surface area contributed by atoms with Gasteiger partial charge in [0.1, 0.15) is 16.4 Å². The molecule has 0 unspecified atom stereocenters. The number of hydrogen-bond acceptors (Lipinski definition) is 7. The third-order valence-corrected chi connectivity index (χ3v) is 5.74. The zero-order valence-electron chi connectivity index (χ0n) is 17.8. The molecule has 1 N–H and O–H groups in total. The van der Waals surface area contributed by atoms with Crippen molar-refractivity contribution in [1.82, 2.24) is 9.78 Å². The molecule has 0 saturated heterocycles. The van der Waals surface area contributed by atoms with Crippen molar-refractivity contribution in [3.8, 4) is 0 Å². The van der Waals surface area contributed by atoms with Crippen molar-refractivity contribution in [2.45, 2.75) is 53.4 Å². The van der Waals surface area contributed by atoms with E-state index in [2.05, 4.69) is 10.4 Å². The number of halogens is 4. The first kappa shape index (κ1) is 25.7.